The highest BCUT2D eigenvalue weighted by molar-refractivity contribution is 5.89. The van der Waals surface area contributed by atoms with E-state index in [-0.39, 0.29) is 5.91 Å². The Morgan fingerprint density at radius 1 is 1.21 bits per heavy atom. The van der Waals surface area contributed by atoms with E-state index >= 15 is 0 Å². The van der Waals surface area contributed by atoms with Crippen LogP contribution >= 0.6 is 0 Å². The van der Waals surface area contributed by atoms with Crippen LogP contribution in [0.4, 0.5) is 0 Å². The maximum absolute atomic E-state index is 11.2. The second-order valence-corrected chi connectivity index (χ2v) is 3.46. The van der Waals surface area contributed by atoms with E-state index in [9.17, 15) is 4.79 Å². The van der Waals surface area contributed by atoms with Crippen LogP contribution in [0, 0.1) is 0 Å². The number of rotatable bonds is 1. The molecule has 72 valence electrons. The van der Waals surface area contributed by atoms with Gasteiger partial charge in [0.05, 0.1) is 0 Å². The normalized spacial score (nSPS) is 25.4. The lowest BCUT2D eigenvalue weighted by atomic mass is 10.0. The predicted molar refractivity (Wildman–Crippen MR) is 54.2 cm³/mol. The predicted octanol–water partition coefficient (Wildman–Crippen LogP) is 1.09. The Hall–Kier alpha value is -1.77. The van der Waals surface area contributed by atoms with Crippen molar-refractivity contribution in [1.29, 1.82) is 0 Å². The van der Waals surface area contributed by atoms with E-state index in [0.717, 1.165) is 5.56 Å². The maximum atomic E-state index is 11.2. The van der Waals surface area contributed by atoms with E-state index in [4.69, 9.17) is 0 Å². The van der Waals surface area contributed by atoms with Crippen LogP contribution in [0.25, 0.3) is 0 Å². The molecule has 1 aromatic rings. The Morgan fingerprint density at radius 3 is 2.57 bits per heavy atom. The average molecular weight is 188 g/mol. The topological polar surface area (TPSA) is 41.1 Å². The van der Waals surface area contributed by atoms with Gasteiger partial charge in [0.15, 0.2) is 0 Å². The summed E-state index contributed by atoms with van der Waals surface area (Å²) in [5.74, 6) is -0.0740. The fourth-order valence-corrected chi connectivity index (χ4v) is 1.54. The van der Waals surface area contributed by atoms with Crippen LogP contribution in [0.1, 0.15) is 12.5 Å². The Bertz CT molecular complexity index is 372. The van der Waals surface area contributed by atoms with Crippen LogP contribution in [0.15, 0.2) is 42.6 Å². The van der Waals surface area contributed by atoms with Gasteiger partial charge < -0.3 is 10.6 Å². The van der Waals surface area contributed by atoms with Crippen LogP contribution in [0.2, 0.25) is 0 Å². The first kappa shape index (κ1) is 8.81. The van der Waals surface area contributed by atoms with Gasteiger partial charge in [-0.25, -0.2) is 0 Å². The standard InChI is InChI=1S/C11H12N2O/c1-11(9-5-3-2-4-6-9)12-8-7-10(14)13-11/h2-8,12H,1H3,(H,13,14). The molecule has 0 spiro atoms. The van der Waals surface area contributed by atoms with Crippen molar-refractivity contribution >= 4 is 5.91 Å². The molecular weight excluding hydrogens is 176 g/mol. The summed E-state index contributed by atoms with van der Waals surface area (Å²) in [6, 6.07) is 9.81. The number of benzene rings is 1. The quantitative estimate of drug-likeness (QED) is 0.692. The van der Waals surface area contributed by atoms with Crippen molar-refractivity contribution < 1.29 is 4.79 Å². The third kappa shape index (κ3) is 1.48. The molecule has 0 aromatic heterocycles. The van der Waals surface area contributed by atoms with Crippen molar-refractivity contribution in [2.45, 2.75) is 12.6 Å². The smallest absolute Gasteiger partial charge is 0.247 e. The minimum atomic E-state index is -0.493. The van der Waals surface area contributed by atoms with Crippen LogP contribution in [-0.4, -0.2) is 5.91 Å². The van der Waals surface area contributed by atoms with Crippen LogP contribution in [0.5, 0.6) is 0 Å². The third-order valence-corrected chi connectivity index (χ3v) is 2.33. The zero-order valence-corrected chi connectivity index (χ0v) is 7.95. The first-order valence-corrected chi connectivity index (χ1v) is 4.53. The van der Waals surface area contributed by atoms with Gasteiger partial charge in [-0.15, -0.1) is 0 Å². The van der Waals surface area contributed by atoms with Gasteiger partial charge in [-0.1, -0.05) is 30.3 Å². The van der Waals surface area contributed by atoms with Gasteiger partial charge in [0.1, 0.15) is 5.66 Å². The molecular formula is C11H12N2O. The van der Waals surface area contributed by atoms with Crippen LogP contribution in [-0.2, 0) is 10.5 Å². The summed E-state index contributed by atoms with van der Waals surface area (Å²) in [5.41, 5.74) is 0.547. The number of carbonyl (C=O) groups is 1. The lowest BCUT2D eigenvalue weighted by Gasteiger charge is -2.33. The number of carbonyl (C=O) groups excluding carboxylic acids is 1. The summed E-state index contributed by atoms with van der Waals surface area (Å²) in [5, 5.41) is 6.00. The van der Waals surface area contributed by atoms with E-state index in [1.807, 2.05) is 37.3 Å². The molecule has 3 heteroatoms. The molecule has 1 aromatic carbocycles. The Labute approximate surface area is 82.8 Å². The summed E-state index contributed by atoms with van der Waals surface area (Å²) in [7, 11) is 0. The molecule has 1 atom stereocenters. The largest absolute Gasteiger partial charge is 0.365 e. The van der Waals surface area contributed by atoms with E-state index in [2.05, 4.69) is 10.6 Å². The van der Waals surface area contributed by atoms with Gasteiger partial charge in [-0.3, -0.25) is 4.79 Å². The molecule has 3 nitrogen and oxygen atoms in total. The second-order valence-electron chi connectivity index (χ2n) is 3.46. The zero-order chi connectivity index (χ0) is 10.0. The highest BCUT2D eigenvalue weighted by atomic mass is 16.1. The van der Waals surface area contributed by atoms with Gasteiger partial charge in [-0.05, 0) is 12.5 Å². The molecule has 1 unspecified atom stereocenters. The highest BCUT2D eigenvalue weighted by Gasteiger charge is 2.28. The van der Waals surface area contributed by atoms with E-state index in [1.165, 1.54) is 6.08 Å². The maximum Gasteiger partial charge on any atom is 0.247 e. The summed E-state index contributed by atoms with van der Waals surface area (Å²) < 4.78 is 0. The number of hydrogen-bond acceptors (Lipinski definition) is 2. The van der Waals surface area contributed by atoms with Crippen LogP contribution < -0.4 is 10.6 Å². The fraction of sp³-hybridized carbons (Fsp3) is 0.182. The van der Waals surface area contributed by atoms with Gasteiger partial charge in [0, 0.05) is 12.3 Å². The van der Waals surface area contributed by atoms with Crippen molar-refractivity contribution in [3.05, 3.63) is 48.2 Å². The van der Waals surface area contributed by atoms with Crippen molar-refractivity contribution in [1.82, 2.24) is 10.6 Å². The summed E-state index contributed by atoms with van der Waals surface area (Å²) >= 11 is 0. The first-order valence-electron chi connectivity index (χ1n) is 4.53. The number of amides is 1. The van der Waals surface area contributed by atoms with E-state index < -0.39 is 5.66 Å². The molecule has 2 N–H and O–H groups in total. The minimum Gasteiger partial charge on any atom is -0.365 e. The Morgan fingerprint density at radius 2 is 1.93 bits per heavy atom. The minimum absolute atomic E-state index is 0.0740. The average Bonchev–Trinajstić information content (AvgIpc) is 2.19. The van der Waals surface area contributed by atoms with Gasteiger partial charge in [0.25, 0.3) is 0 Å². The molecule has 0 saturated carbocycles. The molecule has 0 saturated heterocycles. The molecule has 0 radical (unpaired) electrons. The highest BCUT2D eigenvalue weighted by Crippen LogP contribution is 2.18. The van der Waals surface area contributed by atoms with Gasteiger partial charge >= 0.3 is 0 Å². The molecule has 14 heavy (non-hydrogen) atoms. The Kier molecular flexibility index (Phi) is 2.00. The summed E-state index contributed by atoms with van der Waals surface area (Å²) in [6.07, 6.45) is 3.15. The summed E-state index contributed by atoms with van der Waals surface area (Å²) in [6.45, 7) is 1.93. The summed E-state index contributed by atoms with van der Waals surface area (Å²) in [4.78, 5) is 11.2. The second kappa shape index (κ2) is 3.18. The molecule has 0 fully saturated rings. The fourth-order valence-electron chi connectivity index (χ4n) is 1.54. The molecule has 1 aliphatic heterocycles. The molecule has 0 aliphatic carbocycles. The lowest BCUT2D eigenvalue weighted by molar-refractivity contribution is -0.119. The molecule has 1 heterocycles. The van der Waals surface area contributed by atoms with Crippen molar-refractivity contribution in [2.24, 2.45) is 0 Å². The molecule has 1 aliphatic rings. The SMILES string of the molecule is CC1(c2ccccc2)NC=CC(=O)N1. The zero-order valence-electron chi connectivity index (χ0n) is 7.95. The Balaban J connectivity index is 2.34. The van der Waals surface area contributed by atoms with Crippen molar-refractivity contribution in [2.75, 3.05) is 0 Å². The molecule has 1 amide bonds. The van der Waals surface area contributed by atoms with E-state index in [0.29, 0.717) is 0 Å². The monoisotopic (exact) mass is 188 g/mol. The molecule has 0 bridgehead atoms. The van der Waals surface area contributed by atoms with Gasteiger partial charge in [0.2, 0.25) is 5.91 Å². The van der Waals surface area contributed by atoms with Crippen LogP contribution in [0.3, 0.4) is 0 Å². The van der Waals surface area contributed by atoms with Crippen molar-refractivity contribution in [3.63, 3.8) is 0 Å². The van der Waals surface area contributed by atoms with Gasteiger partial charge in [-0.2, -0.15) is 0 Å². The van der Waals surface area contributed by atoms with E-state index in [1.54, 1.807) is 6.20 Å². The molecule has 2 rings (SSSR count). The third-order valence-electron chi connectivity index (χ3n) is 2.33. The lowest BCUT2D eigenvalue weighted by Crippen LogP contribution is -2.54. The number of hydrogen-bond donors (Lipinski definition) is 2. The van der Waals surface area contributed by atoms with Crippen molar-refractivity contribution in [3.8, 4) is 0 Å². The number of nitrogens with one attached hydrogen (secondary N) is 2. The first-order chi connectivity index (χ1) is 6.71.